The van der Waals surface area contributed by atoms with Crippen molar-refractivity contribution >= 4 is 11.8 Å². The minimum atomic E-state index is -0.231. The predicted molar refractivity (Wildman–Crippen MR) is 75.4 cm³/mol. The van der Waals surface area contributed by atoms with Crippen LogP contribution in [0.15, 0.2) is 24.3 Å². The van der Waals surface area contributed by atoms with Crippen LogP contribution in [0.2, 0.25) is 0 Å². The van der Waals surface area contributed by atoms with Gasteiger partial charge in [-0.3, -0.25) is 9.59 Å². The minimum absolute atomic E-state index is 0.0290. The van der Waals surface area contributed by atoms with Crippen LogP contribution in [0.25, 0.3) is 0 Å². The third kappa shape index (κ3) is 3.50. The van der Waals surface area contributed by atoms with Crippen LogP contribution in [-0.2, 0) is 9.59 Å². The Balaban J connectivity index is 1.70. The average molecular weight is 276 g/mol. The highest BCUT2D eigenvalue weighted by atomic mass is 16.5. The van der Waals surface area contributed by atoms with E-state index in [0.29, 0.717) is 26.1 Å². The maximum atomic E-state index is 11.9. The molecule has 0 bridgehead atoms. The molecular weight excluding hydrogens is 256 g/mol. The van der Waals surface area contributed by atoms with E-state index in [1.165, 1.54) is 0 Å². The van der Waals surface area contributed by atoms with Gasteiger partial charge in [-0.2, -0.15) is 0 Å². The van der Waals surface area contributed by atoms with Gasteiger partial charge in [0.2, 0.25) is 11.8 Å². The zero-order chi connectivity index (χ0) is 14.5. The first kappa shape index (κ1) is 14.4. The summed E-state index contributed by atoms with van der Waals surface area (Å²) in [6, 6.07) is 7.76. The van der Waals surface area contributed by atoms with Crippen LogP contribution < -0.4 is 10.1 Å². The van der Waals surface area contributed by atoms with Crippen LogP contribution >= 0.6 is 0 Å². The molecule has 1 aromatic carbocycles. The molecular formula is C15H20N2O3. The highest BCUT2D eigenvalue weighted by Gasteiger charge is 2.31. The van der Waals surface area contributed by atoms with Gasteiger partial charge in [-0.05, 0) is 18.6 Å². The van der Waals surface area contributed by atoms with Crippen LogP contribution in [0.4, 0.5) is 0 Å². The summed E-state index contributed by atoms with van der Waals surface area (Å²) in [4.78, 5) is 24.8. The highest BCUT2D eigenvalue weighted by molar-refractivity contribution is 5.89. The van der Waals surface area contributed by atoms with Crippen molar-refractivity contribution in [3.8, 4) is 5.75 Å². The molecule has 2 amide bonds. The SMILES string of the molecule is Cc1ccccc1OCCNC(=O)[C@H]1CC(=O)N(C)C1. The van der Waals surface area contributed by atoms with Crippen molar-refractivity contribution in [2.24, 2.45) is 5.92 Å². The fourth-order valence-electron chi connectivity index (χ4n) is 2.24. The Morgan fingerprint density at radius 1 is 1.45 bits per heavy atom. The maximum absolute atomic E-state index is 11.9. The zero-order valence-corrected chi connectivity index (χ0v) is 11.9. The molecule has 0 aliphatic carbocycles. The lowest BCUT2D eigenvalue weighted by atomic mass is 10.1. The summed E-state index contributed by atoms with van der Waals surface area (Å²) >= 11 is 0. The number of carbonyl (C=O) groups is 2. The van der Waals surface area contributed by atoms with Gasteiger partial charge in [0.05, 0.1) is 12.5 Å². The maximum Gasteiger partial charge on any atom is 0.225 e. The number of carbonyl (C=O) groups excluding carboxylic acids is 2. The third-order valence-corrected chi connectivity index (χ3v) is 3.46. The first-order valence-corrected chi connectivity index (χ1v) is 6.78. The second-order valence-electron chi connectivity index (χ2n) is 5.08. The van der Waals surface area contributed by atoms with E-state index in [1.807, 2.05) is 31.2 Å². The summed E-state index contributed by atoms with van der Waals surface area (Å²) in [5.41, 5.74) is 1.07. The quantitative estimate of drug-likeness (QED) is 0.815. The molecule has 0 radical (unpaired) electrons. The lowest BCUT2D eigenvalue weighted by molar-refractivity contribution is -0.128. The smallest absolute Gasteiger partial charge is 0.225 e. The van der Waals surface area contributed by atoms with Crippen molar-refractivity contribution in [3.63, 3.8) is 0 Å². The summed E-state index contributed by atoms with van der Waals surface area (Å²) in [5, 5.41) is 2.81. The summed E-state index contributed by atoms with van der Waals surface area (Å²) in [7, 11) is 1.72. The Bertz CT molecular complexity index is 502. The van der Waals surface area contributed by atoms with Gasteiger partial charge in [-0.15, -0.1) is 0 Å². The fourth-order valence-corrected chi connectivity index (χ4v) is 2.24. The van der Waals surface area contributed by atoms with Gasteiger partial charge in [-0.1, -0.05) is 18.2 Å². The normalized spacial score (nSPS) is 18.2. The molecule has 1 saturated heterocycles. The van der Waals surface area contributed by atoms with E-state index < -0.39 is 0 Å². The van der Waals surface area contributed by atoms with E-state index in [-0.39, 0.29) is 17.7 Å². The Morgan fingerprint density at radius 2 is 2.20 bits per heavy atom. The largest absolute Gasteiger partial charge is 0.491 e. The number of aryl methyl sites for hydroxylation is 1. The van der Waals surface area contributed by atoms with E-state index in [4.69, 9.17) is 4.74 Å². The zero-order valence-electron chi connectivity index (χ0n) is 11.9. The molecule has 5 nitrogen and oxygen atoms in total. The number of benzene rings is 1. The third-order valence-electron chi connectivity index (χ3n) is 3.46. The molecule has 1 aliphatic heterocycles. The topological polar surface area (TPSA) is 58.6 Å². The van der Waals surface area contributed by atoms with Gasteiger partial charge >= 0.3 is 0 Å². The van der Waals surface area contributed by atoms with Crippen LogP contribution in [-0.4, -0.2) is 43.5 Å². The summed E-state index contributed by atoms with van der Waals surface area (Å²) < 4.78 is 5.60. The minimum Gasteiger partial charge on any atom is -0.491 e. The lowest BCUT2D eigenvalue weighted by Gasteiger charge is -2.12. The number of ether oxygens (including phenoxy) is 1. The summed E-state index contributed by atoms with van der Waals surface area (Å²) in [6.07, 6.45) is 0.307. The monoisotopic (exact) mass is 276 g/mol. The van der Waals surface area contributed by atoms with Crippen LogP contribution in [0.1, 0.15) is 12.0 Å². The molecule has 0 saturated carbocycles. The molecule has 5 heteroatoms. The first-order valence-electron chi connectivity index (χ1n) is 6.78. The standard InChI is InChI=1S/C15H20N2O3/c1-11-5-3-4-6-13(11)20-8-7-16-15(19)12-9-14(18)17(2)10-12/h3-6,12H,7-10H2,1-2H3,(H,16,19)/t12-/m0/s1. The first-order chi connectivity index (χ1) is 9.58. The molecule has 0 aromatic heterocycles. The second-order valence-corrected chi connectivity index (χ2v) is 5.08. The number of rotatable bonds is 5. The van der Waals surface area contributed by atoms with Crippen molar-refractivity contribution < 1.29 is 14.3 Å². The van der Waals surface area contributed by atoms with Crippen molar-refractivity contribution in [3.05, 3.63) is 29.8 Å². The Labute approximate surface area is 118 Å². The molecule has 108 valence electrons. The van der Waals surface area contributed by atoms with Gasteiger partial charge < -0.3 is 15.0 Å². The van der Waals surface area contributed by atoms with Gasteiger partial charge in [0.15, 0.2) is 0 Å². The molecule has 20 heavy (non-hydrogen) atoms. The van der Waals surface area contributed by atoms with Gasteiger partial charge in [0.1, 0.15) is 12.4 Å². The van der Waals surface area contributed by atoms with Crippen molar-refractivity contribution in [1.29, 1.82) is 0 Å². The average Bonchev–Trinajstić information content (AvgIpc) is 2.76. The van der Waals surface area contributed by atoms with E-state index >= 15 is 0 Å². The Hall–Kier alpha value is -2.04. The molecule has 1 aromatic rings. The molecule has 0 unspecified atom stereocenters. The van der Waals surface area contributed by atoms with Crippen LogP contribution in [0.5, 0.6) is 5.75 Å². The van der Waals surface area contributed by atoms with Crippen molar-refractivity contribution in [2.75, 3.05) is 26.7 Å². The number of amides is 2. The number of para-hydroxylation sites is 1. The van der Waals surface area contributed by atoms with E-state index in [9.17, 15) is 9.59 Å². The highest BCUT2D eigenvalue weighted by Crippen LogP contribution is 2.16. The Kier molecular flexibility index (Phi) is 4.61. The number of hydrogen-bond acceptors (Lipinski definition) is 3. The molecule has 1 heterocycles. The van der Waals surface area contributed by atoms with Gasteiger partial charge in [0.25, 0.3) is 0 Å². The molecule has 1 fully saturated rings. The van der Waals surface area contributed by atoms with E-state index in [0.717, 1.165) is 11.3 Å². The number of hydrogen-bond donors (Lipinski definition) is 1. The second kappa shape index (κ2) is 6.41. The van der Waals surface area contributed by atoms with Crippen LogP contribution in [0.3, 0.4) is 0 Å². The number of likely N-dealkylation sites (tertiary alicyclic amines) is 1. The molecule has 1 N–H and O–H groups in total. The van der Waals surface area contributed by atoms with Gasteiger partial charge in [-0.25, -0.2) is 0 Å². The summed E-state index contributed by atoms with van der Waals surface area (Å²) in [6.45, 7) is 3.35. The molecule has 2 rings (SSSR count). The van der Waals surface area contributed by atoms with Gasteiger partial charge in [0, 0.05) is 20.0 Å². The van der Waals surface area contributed by atoms with Crippen LogP contribution in [0, 0.1) is 12.8 Å². The van der Waals surface area contributed by atoms with Crippen molar-refractivity contribution in [2.45, 2.75) is 13.3 Å². The van der Waals surface area contributed by atoms with Crippen molar-refractivity contribution in [1.82, 2.24) is 10.2 Å². The lowest BCUT2D eigenvalue weighted by Crippen LogP contribution is -2.34. The van der Waals surface area contributed by atoms with E-state index in [2.05, 4.69) is 5.32 Å². The Morgan fingerprint density at radius 3 is 2.85 bits per heavy atom. The fraction of sp³-hybridized carbons (Fsp3) is 0.467. The number of nitrogens with zero attached hydrogens (tertiary/aromatic N) is 1. The molecule has 0 spiro atoms. The number of nitrogens with one attached hydrogen (secondary N) is 1. The molecule has 1 atom stereocenters. The predicted octanol–water partition coefficient (Wildman–Crippen LogP) is 0.968. The molecule has 1 aliphatic rings. The summed E-state index contributed by atoms with van der Waals surface area (Å²) in [5.74, 6) is 0.556. The van der Waals surface area contributed by atoms with E-state index in [1.54, 1.807) is 11.9 Å².